The molecule has 6 nitrogen and oxygen atoms in total. The summed E-state index contributed by atoms with van der Waals surface area (Å²) in [5, 5.41) is 6.00. The van der Waals surface area contributed by atoms with Gasteiger partial charge in [0.05, 0.1) is 20.3 Å². The molecule has 0 spiro atoms. The smallest absolute Gasteiger partial charge is 0.319 e. The zero-order chi connectivity index (χ0) is 23.2. The molecule has 0 saturated carbocycles. The van der Waals surface area contributed by atoms with Crippen LogP contribution in [0, 0.1) is 6.92 Å². The molecule has 1 atom stereocenters. The van der Waals surface area contributed by atoms with Gasteiger partial charge in [-0.1, -0.05) is 48.0 Å². The van der Waals surface area contributed by atoms with Crippen LogP contribution in [0.1, 0.15) is 28.3 Å². The predicted molar refractivity (Wildman–Crippen MR) is 131 cm³/mol. The molecule has 2 amide bonds. The Balaban J connectivity index is 1.55. The molecular formula is C27H31N3O3. The topological polar surface area (TPSA) is 62.8 Å². The molecule has 33 heavy (non-hydrogen) atoms. The van der Waals surface area contributed by atoms with E-state index in [-0.39, 0.29) is 12.1 Å². The minimum absolute atomic E-state index is 0.0116. The van der Waals surface area contributed by atoms with Gasteiger partial charge in [-0.05, 0) is 54.3 Å². The van der Waals surface area contributed by atoms with E-state index in [1.165, 1.54) is 11.1 Å². The largest absolute Gasteiger partial charge is 0.493 e. The highest BCUT2D eigenvalue weighted by Crippen LogP contribution is 2.38. The van der Waals surface area contributed by atoms with Crippen LogP contribution < -0.4 is 20.1 Å². The van der Waals surface area contributed by atoms with Crippen molar-refractivity contribution in [3.63, 3.8) is 0 Å². The number of hydrogen-bond acceptors (Lipinski definition) is 4. The quantitative estimate of drug-likeness (QED) is 0.541. The number of anilines is 1. The average molecular weight is 446 g/mol. The lowest BCUT2D eigenvalue weighted by Gasteiger charge is -2.38. The zero-order valence-electron chi connectivity index (χ0n) is 19.4. The average Bonchev–Trinajstić information content (AvgIpc) is 2.84. The Hall–Kier alpha value is -3.51. The summed E-state index contributed by atoms with van der Waals surface area (Å²) in [6.45, 7) is 4.20. The molecule has 172 valence electrons. The molecule has 1 aliphatic heterocycles. The maximum absolute atomic E-state index is 12.7. The van der Waals surface area contributed by atoms with Gasteiger partial charge < -0.3 is 20.1 Å². The van der Waals surface area contributed by atoms with Crippen LogP contribution in [0.5, 0.6) is 11.5 Å². The van der Waals surface area contributed by atoms with Gasteiger partial charge in [0.2, 0.25) is 0 Å². The summed E-state index contributed by atoms with van der Waals surface area (Å²) in [7, 11) is 3.31. The summed E-state index contributed by atoms with van der Waals surface area (Å²) < 4.78 is 11.1. The van der Waals surface area contributed by atoms with Crippen LogP contribution in [0.3, 0.4) is 0 Å². The standard InChI is InChI=1S/C27H31N3O3/c1-19-9-11-22(12-10-19)29-27(31)28-17-24-23-16-26(33-3)25(32-2)15-21(23)13-14-30(24)18-20-7-5-4-6-8-20/h4-12,15-16,24H,13-14,17-18H2,1-3H3,(H2,28,29,31)/t24-/m0/s1. The van der Waals surface area contributed by atoms with E-state index in [2.05, 4.69) is 51.9 Å². The maximum atomic E-state index is 12.7. The SMILES string of the molecule is COc1cc2c(cc1OC)[C@H](CNC(=O)Nc1ccc(C)cc1)N(Cc1ccccc1)CC2. The molecule has 0 unspecified atom stereocenters. The lowest BCUT2D eigenvalue weighted by molar-refractivity contribution is 0.172. The molecule has 1 heterocycles. The molecule has 1 aliphatic rings. The molecule has 0 saturated heterocycles. The summed E-state index contributed by atoms with van der Waals surface area (Å²) in [4.78, 5) is 15.1. The Kier molecular flexibility index (Phi) is 7.15. The summed E-state index contributed by atoms with van der Waals surface area (Å²) >= 11 is 0. The first-order valence-electron chi connectivity index (χ1n) is 11.2. The summed E-state index contributed by atoms with van der Waals surface area (Å²) in [5.41, 5.74) is 5.55. The molecule has 0 bridgehead atoms. The number of aryl methyl sites for hydroxylation is 1. The molecule has 4 rings (SSSR count). The van der Waals surface area contributed by atoms with Gasteiger partial charge in [-0.2, -0.15) is 0 Å². The number of carbonyl (C=O) groups excluding carboxylic acids is 1. The summed E-state index contributed by atoms with van der Waals surface area (Å²) in [6.07, 6.45) is 0.911. The number of nitrogens with zero attached hydrogens (tertiary/aromatic N) is 1. The molecule has 0 radical (unpaired) electrons. The van der Waals surface area contributed by atoms with Crippen molar-refractivity contribution in [1.29, 1.82) is 0 Å². The number of hydrogen-bond donors (Lipinski definition) is 2. The van der Waals surface area contributed by atoms with Crippen molar-refractivity contribution in [3.05, 3.63) is 89.0 Å². The monoisotopic (exact) mass is 445 g/mol. The van der Waals surface area contributed by atoms with Crippen LogP contribution in [0.25, 0.3) is 0 Å². The van der Waals surface area contributed by atoms with E-state index in [0.29, 0.717) is 12.3 Å². The third-order valence-electron chi connectivity index (χ3n) is 6.11. The van der Waals surface area contributed by atoms with Gasteiger partial charge >= 0.3 is 6.03 Å². The van der Waals surface area contributed by atoms with Crippen molar-refractivity contribution in [3.8, 4) is 11.5 Å². The summed E-state index contributed by atoms with van der Waals surface area (Å²) in [6, 6.07) is 22.1. The van der Waals surface area contributed by atoms with Crippen LogP contribution in [0.4, 0.5) is 10.5 Å². The van der Waals surface area contributed by atoms with Crippen LogP contribution in [-0.4, -0.2) is 38.2 Å². The number of nitrogens with one attached hydrogen (secondary N) is 2. The fourth-order valence-electron chi connectivity index (χ4n) is 4.33. The van der Waals surface area contributed by atoms with Gasteiger partial charge in [0.25, 0.3) is 0 Å². The Morgan fingerprint density at radius 3 is 2.39 bits per heavy atom. The molecule has 0 fully saturated rings. The number of urea groups is 1. The summed E-state index contributed by atoms with van der Waals surface area (Å²) in [5.74, 6) is 1.43. The third-order valence-corrected chi connectivity index (χ3v) is 6.11. The van der Waals surface area contributed by atoms with Crippen molar-refractivity contribution in [2.75, 3.05) is 32.6 Å². The highest BCUT2D eigenvalue weighted by Gasteiger charge is 2.29. The Morgan fingerprint density at radius 1 is 1.00 bits per heavy atom. The van der Waals surface area contributed by atoms with Crippen molar-refractivity contribution in [1.82, 2.24) is 10.2 Å². The van der Waals surface area contributed by atoms with E-state index < -0.39 is 0 Å². The van der Waals surface area contributed by atoms with Crippen LogP contribution in [0.2, 0.25) is 0 Å². The van der Waals surface area contributed by atoms with Crippen molar-refractivity contribution in [2.45, 2.75) is 25.9 Å². The van der Waals surface area contributed by atoms with E-state index in [9.17, 15) is 4.79 Å². The molecule has 3 aromatic rings. The van der Waals surface area contributed by atoms with Crippen molar-refractivity contribution >= 4 is 11.7 Å². The second-order valence-corrected chi connectivity index (χ2v) is 8.33. The number of rotatable bonds is 7. The minimum atomic E-state index is -0.217. The Morgan fingerprint density at radius 2 is 1.70 bits per heavy atom. The van der Waals surface area contributed by atoms with E-state index in [4.69, 9.17) is 9.47 Å². The first kappa shape index (κ1) is 22.7. The van der Waals surface area contributed by atoms with Crippen LogP contribution in [0.15, 0.2) is 66.7 Å². The number of ether oxygens (including phenoxy) is 2. The molecule has 6 heteroatoms. The molecule has 3 aromatic carbocycles. The third kappa shape index (κ3) is 5.46. The van der Waals surface area contributed by atoms with Crippen molar-refractivity contribution < 1.29 is 14.3 Å². The van der Waals surface area contributed by atoms with E-state index in [1.54, 1.807) is 14.2 Å². The minimum Gasteiger partial charge on any atom is -0.493 e. The number of fused-ring (bicyclic) bond motifs is 1. The number of carbonyl (C=O) groups is 1. The number of amides is 2. The lowest BCUT2D eigenvalue weighted by Crippen LogP contribution is -2.42. The number of methoxy groups -OCH3 is 2. The highest BCUT2D eigenvalue weighted by atomic mass is 16.5. The molecule has 0 aromatic heterocycles. The maximum Gasteiger partial charge on any atom is 0.319 e. The first-order chi connectivity index (χ1) is 16.1. The van der Waals surface area contributed by atoms with E-state index in [0.717, 1.165) is 42.1 Å². The molecule has 0 aliphatic carbocycles. The fraction of sp³-hybridized carbons (Fsp3) is 0.296. The molecule has 2 N–H and O–H groups in total. The van der Waals surface area contributed by atoms with E-state index >= 15 is 0 Å². The Labute approximate surface area is 195 Å². The van der Waals surface area contributed by atoms with E-state index in [1.807, 2.05) is 37.3 Å². The second kappa shape index (κ2) is 10.4. The van der Waals surface area contributed by atoms with Gasteiger partial charge in [-0.25, -0.2) is 4.79 Å². The predicted octanol–water partition coefficient (Wildman–Crippen LogP) is 4.93. The highest BCUT2D eigenvalue weighted by molar-refractivity contribution is 5.89. The van der Waals surface area contributed by atoms with Crippen LogP contribution >= 0.6 is 0 Å². The van der Waals surface area contributed by atoms with Gasteiger partial charge in [-0.3, -0.25) is 4.90 Å². The van der Waals surface area contributed by atoms with Crippen molar-refractivity contribution in [2.24, 2.45) is 0 Å². The second-order valence-electron chi connectivity index (χ2n) is 8.33. The Bertz CT molecular complexity index is 1080. The fourth-order valence-corrected chi connectivity index (χ4v) is 4.33. The van der Waals surface area contributed by atoms with Crippen LogP contribution in [-0.2, 0) is 13.0 Å². The molecular weight excluding hydrogens is 414 g/mol. The number of benzene rings is 3. The first-order valence-corrected chi connectivity index (χ1v) is 11.2. The normalized spacial score (nSPS) is 15.4. The lowest BCUT2D eigenvalue weighted by atomic mass is 9.91. The van der Waals surface area contributed by atoms with Gasteiger partial charge in [-0.15, -0.1) is 0 Å². The zero-order valence-corrected chi connectivity index (χ0v) is 19.4. The van der Waals surface area contributed by atoms with Gasteiger partial charge in [0, 0.05) is 25.3 Å². The van der Waals surface area contributed by atoms with Gasteiger partial charge in [0.15, 0.2) is 11.5 Å². The van der Waals surface area contributed by atoms with Gasteiger partial charge in [0.1, 0.15) is 0 Å².